The highest BCUT2D eigenvalue weighted by molar-refractivity contribution is 6.08. The van der Waals surface area contributed by atoms with Gasteiger partial charge in [-0.15, -0.1) is 0 Å². The summed E-state index contributed by atoms with van der Waals surface area (Å²) in [6.07, 6.45) is -0.434. The fraction of sp³-hybridized carbons (Fsp3) is 0.467. The van der Waals surface area contributed by atoms with E-state index in [1.165, 1.54) is 17.0 Å². The van der Waals surface area contributed by atoms with Gasteiger partial charge in [-0.1, -0.05) is 6.07 Å². The number of hydrogen-bond acceptors (Lipinski definition) is 3. The van der Waals surface area contributed by atoms with E-state index in [0.29, 0.717) is 5.69 Å². The van der Waals surface area contributed by atoms with Gasteiger partial charge in [-0.05, 0) is 38.5 Å². The number of carbonyl (C=O) groups excluding carboxylic acids is 2. The van der Waals surface area contributed by atoms with Crippen LogP contribution in [0, 0.1) is 5.82 Å². The number of ether oxygens (including phenoxy) is 1. The van der Waals surface area contributed by atoms with Crippen LogP contribution in [0.4, 0.5) is 14.9 Å². The quantitative estimate of drug-likeness (QED) is 0.798. The largest absolute Gasteiger partial charge is 0.444 e. The molecule has 1 aromatic rings. The maximum atomic E-state index is 13.2. The van der Waals surface area contributed by atoms with Crippen molar-refractivity contribution in [3.05, 3.63) is 29.6 Å². The van der Waals surface area contributed by atoms with E-state index in [2.05, 4.69) is 5.32 Å². The van der Waals surface area contributed by atoms with Crippen molar-refractivity contribution in [1.82, 2.24) is 4.90 Å². The molecule has 1 aromatic carbocycles. The third kappa shape index (κ3) is 2.14. The predicted octanol–water partition coefficient (Wildman–Crippen LogP) is 2.27. The molecule has 2 heterocycles. The van der Waals surface area contributed by atoms with Crippen LogP contribution in [0.2, 0.25) is 0 Å². The molecular formula is C15H17FN2O3. The van der Waals surface area contributed by atoms with Crippen molar-refractivity contribution in [2.75, 3.05) is 18.4 Å². The molecule has 1 N–H and O–H groups in total. The Bertz CT molecular complexity index is 630. The van der Waals surface area contributed by atoms with E-state index in [-0.39, 0.29) is 19.0 Å². The second-order valence-electron chi connectivity index (χ2n) is 6.56. The molecule has 1 spiro atoms. The van der Waals surface area contributed by atoms with Crippen LogP contribution in [0.5, 0.6) is 0 Å². The average Bonchev–Trinajstić information content (AvgIpc) is 2.55. The summed E-state index contributed by atoms with van der Waals surface area (Å²) in [5.74, 6) is -0.586. The van der Waals surface area contributed by atoms with Crippen LogP contribution in [-0.2, 0) is 14.9 Å². The number of fused-ring (bicyclic) bond motifs is 2. The highest BCUT2D eigenvalue weighted by Crippen LogP contribution is 2.44. The minimum absolute atomic E-state index is 0.192. The van der Waals surface area contributed by atoms with Gasteiger partial charge in [-0.2, -0.15) is 0 Å². The number of halogens is 1. The number of carbonyl (C=O) groups is 2. The topological polar surface area (TPSA) is 58.6 Å². The number of anilines is 1. The van der Waals surface area contributed by atoms with Crippen LogP contribution in [0.3, 0.4) is 0 Å². The van der Waals surface area contributed by atoms with Crippen LogP contribution in [0.15, 0.2) is 18.2 Å². The first kappa shape index (κ1) is 13.9. The molecule has 0 radical (unpaired) electrons. The van der Waals surface area contributed by atoms with Crippen molar-refractivity contribution in [2.24, 2.45) is 0 Å². The maximum absolute atomic E-state index is 13.2. The lowest BCUT2D eigenvalue weighted by atomic mass is 9.75. The minimum Gasteiger partial charge on any atom is -0.444 e. The highest BCUT2D eigenvalue weighted by Gasteiger charge is 2.57. The molecule has 0 aromatic heterocycles. The van der Waals surface area contributed by atoms with Crippen molar-refractivity contribution in [3.8, 4) is 0 Å². The summed E-state index contributed by atoms with van der Waals surface area (Å²) in [7, 11) is 0. The first-order chi connectivity index (χ1) is 9.71. The number of nitrogens with zero attached hydrogens (tertiary/aromatic N) is 1. The van der Waals surface area contributed by atoms with Gasteiger partial charge in [0.05, 0.1) is 0 Å². The lowest BCUT2D eigenvalue weighted by molar-refractivity contribution is -0.126. The van der Waals surface area contributed by atoms with Gasteiger partial charge in [0, 0.05) is 18.8 Å². The van der Waals surface area contributed by atoms with Crippen molar-refractivity contribution < 1.29 is 18.7 Å². The molecule has 2 aliphatic rings. The first-order valence-corrected chi connectivity index (χ1v) is 6.81. The van der Waals surface area contributed by atoms with E-state index in [4.69, 9.17) is 4.74 Å². The van der Waals surface area contributed by atoms with E-state index in [1.807, 2.05) is 0 Å². The molecule has 5 nitrogen and oxygen atoms in total. The molecule has 0 bridgehead atoms. The second kappa shape index (κ2) is 4.19. The van der Waals surface area contributed by atoms with E-state index in [1.54, 1.807) is 26.8 Å². The molecule has 0 atom stereocenters. The standard InChI is InChI=1S/C15H17FN2O3/c1-14(2,3)21-13(20)18-7-15(8-18)10-5-4-9(16)6-11(10)17-12(15)19/h4-6H,7-8H2,1-3H3,(H,17,19). The molecule has 112 valence electrons. The van der Waals surface area contributed by atoms with Crippen LogP contribution in [0.1, 0.15) is 26.3 Å². The normalized spacial score (nSPS) is 19.0. The Morgan fingerprint density at radius 3 is 2.67 bits per heavy atom. The molecule has 0 saturated carbocycles. The van der Waals surface area contributed by atoms with Gasteiger partial charge < -0.3 is 15.0 Å². The van der Waals surface area contributed by atoms with Gasteiger partial charge >= 0.3 is 6.09 Å². The summed E-state index contributed by atoms with van der Waals surface area (Å²) in [4.78, 5) is 25.6. The second-order valence-corrected chi connectivity index (χ2v) is 6.56. The Labute approximate surface area is 122 Å². The van der Waals surface area contributed by atoms with Gasteiger partial charge in [0.25, 0.3) is 0 Å². The van der Waals surface area contributed by atoms with Crippen molar-refractivity contribution >= 4 is 17.7 Å². The van der Waals surface area contributed by atoms with Crippen LogP contribution < -0.4 is 5.32 Å². The van der Waals surface area contributed by atoms with Crippen LogP contribution >= 0.6 is 0 Å². The Balaban J connectivity index is 1.78. The third-order valence-corrected chi connectivity index (χ3v) is 3.75. The smallest absolute Gasteiger partial charge is 0.410 e. The molecule has 2 aliphatic heterocycles. The molecule has 3 rings (SSSR count). The summed E-state index contributed by atoms with van der Waals surface area (Å²) in [5, 5.41) is 2.68. The SMILES string of the molecule is CC(C)(C)OC(=O)N1CC2(C1)C(=O)Nc1cc(F)ccc12. The number of likely N-dealkylation sites (tertiary alicyclic amines) is 1. The Hall–Kier alpha value is -2.11. The summed E-state index contributed by atoms with van der Waals surface area (Å²) in [6, 6.07) is 4.24. The summed E-state index contributed by atoms with van der Waals surface area (Å²) in [5.41, 5.74) is -0.101. The molecule has 0 aliphatic carbocycles. The summed E-state index contributed by atoms with van der Waals surface area (Å²) >= 11 is 0. The van der Waals surface area contributed by atoms with Gasteiger partial charge in [-0.3, -0.25) is 4.79 Å². The van der Waals surface area contributed by atoms with E-state index >= 15 is 0 Å². The van der Waals surface area contributed by atoms with E-state index in [0.717, 1.165) is 5.56 Å². The zero-order chi connectivity index (χ0) is 15.4. The highest BCUT2D eigenvalue weighted by atomic mass is 19.1. The average molecular weight is 292 g/mol. The molecule has 21 heavy (non-hydrogen) atoms. The Morgan fingerprint density at radius 2 is 2.05 bits per heavy atom. The van der Waals surface area contributed by atoms with Gasteiger partial charge in [0.15, 0.2) is 0 Å². The minimum atomic E-state index is -0.764. The number of benzene rings is 1. The number of rotatable bonds is 0. The van der Waals surface area contributed by atoms with E-state index in [9.17, 15) is 14.0 Å². The van der Waals surface area contributed by atoms with Crippen molar-refractivity contribution in [3.63, 3.8) is 0 Å². The third-order valence-electron chi connectivity index (χ3n) is 3.75. The van der Waals surface area contributed by atoms with E-state index < -0.39 is 22.9 Å². The number of amides is 2. The molecule has 1 saturated heterocycles. The zero-order valence-electron chi connectivity index (χ0n) is 12.2. The monoisotopic (exact) mass is 292 g/mol. The van der Waals surface area contributed by atoms with Crippen LogP contribution in [-0.4, -0.2) is 35.6 Å². The molecule has 6 heteroatoms. The molecule has 2 amide bonds. The fourth-order valence-electron chi connectivity index (χ4n) is 2.78. The zero-order valence-corrected chi connectivity index (χ0v) is 12.2. The Morgan fingerprint density at radius 1 is 1.38 bits per heavy atom. The molecular weight excluding hydrogens is 275 g/mol. The lowest BCUT2D eigenvalue weighted by Crippen LogP contribution is -2.64. The summed E-state index contributed by atoms with van der Waals surface area (Å²) in [6.45, 7) is 5.89. The lowest BCUT2D eigenvalue weighted by Gasteiger charge is -2.46. The van der Waals surface area contributed by atoms with Gasteiger partial charge in [0.1, 0.15) is 16.8 Å². The number of nitrogens with one attached hydrogen (secondary N) is 1. The molecule has 0 unspecified atom stereocenters. The molecule has 1 fully saturated rings. The Kier molecular flexibility index (Phi) is 2.77. The van der Waals surface area contributed by atoms with Crippen molar-refractivity contribution in [1.29, 1.82) is 0 Å². The van der Waals surface area contributed by atoms with Crippen molar-refractivity contribution in [2.45, 2.75) is 31.8 Å². The first-order valence-electron chi connectivity index (χ1n) is 6.81. The van der Waals surface area contributed by atoms with Gasteiger partial charge in [0.2, 0.25) is 5.91 Å². The van der Waals surface area contributed by atoms with Gasteiger partial charge in [-0.25, -0.2) is 9.18 Å². The van der Waals surface area contributed by atoms with Crippen LogP contribution in [0.25, 0.3) is 0 Å². The maximum Gasteiger partial charge on any atom is 0.410 e. The summed E-state index contributed by atoms with van der Waals surface area (Å²) < 4.78 is 18.5. The number of hydrogen-bond donors (Lipinski definition) is 1. The predicted molar refractivity (Wildman–Crippen MR) is 74.5 cm³/mol. The fourth-order valence-corrected chi connectivity index (χ4v) is 2.78.